The van der Waals surface area contributed by atoms with E-state index in [9.17, 15) is 34.2 Å². The van der Waals surface area contributed by atoms with E-state index in [0.717, 1.165) is 0 Å². The van der Waals surface area contributed by atoms with E-state index in [-0.39, 0.29) is 18.8 Å². The van der Waals surface area contributed by atoms with Gasteiger partial charge in [-0.15, -0.1) is 0 Å². The van der Waals surface area contributed by atoms with Crippen molar-refractivity contribution in [2.24, 2.45) is 11.7 Å². The number of carbonyl (C=O) groups is 5. The molecule has 184 valence electrons. The van der Waals surface area contributed by atoms with Gasteiger partial charge in [-0.2, -0.15) is 11.8 Å². The number of nitrogens with two attached hydrogens (primary N) is 1. The topological polar surface area (TPSA) is 208 Å². The third-order valence-corrected chi connectivity index (χ3v) is 5.04. The van der Waals surface area contributed by atoms with Crippen molar-refractivity contribution in [3.05, 3.63) is 0 Å². The zero-order chi connectivity index (χ0) is 25.0. The van der Waals surface area contributed by atoms with Gasteiger partial charge in [-0.25, -0.2) is 4.79 Å². The van der Waals surface area contributed by atoms with E-state index in [2.05, 4.69) is 16.0 Å². The second-order valence-corrected chi connectivity index (χ2v) is 8.78. The van der Waals surface area contributed by atoms with Crippen molar-refractivity contribution < 1.29 is 39.3 Å². The van der Waals surface area contributed by atoms with E-state index in [1.807, 2.05) is 0 Å². The first-order valence-electron chi connectivity index (χ1n) is 10.1. The summed E-state index contributed by atoms with van der Waals surface area (Å²) >= 11 is 1.39. The molecule has 0 saturated heterocycles. The highest BCUT2D eigenvalue weighted by Gasteiger charge is 2.32. The molecule has 32 heavy (non-hydrogen) atoms. The Kier molecular flexibility index (Phi) is 13.5. The summed E-state index contributed by atoms with van der Waals surface area (Å²) in [6.07, 6.45) is 0.0805. The summed E-state index contributed by atoms with van der Waals surface area (Å²) in [5, 5.41) is 34.8. The van der Waals surface area contributed by atoms with Gasteiger partial charge in [-0.1, -0.05) is 13.8 Å². The summed E-state index contributed by atoms with van der Waals surface area (Å²) in [4.78, 5) is 60.1. The second kappa shape index (κ2) is 14.6. The number of hydrogen-bond acceptors (Lipinski definition) is 8. The maximum atomic E-state index is 12.7. The van der Waals surface area contributed by atoms with Crippen LogP contribution in [-0.2, 0) is 24.0 Å². The van der Waals surface area contributed by atoms with E-state index in [1.54, 1.807) is 20.1 Å². The lowest BCUT2D eigenvalue weighted by atomic mass is 10.0. The first kappa shape index (κ1) is 29.6. The molecule has 12 nitrogen and oxygen atoms in total. The molecule has 8 N–H and O–H groups in total. The molecule has 0 spiro atoms. The van der Waals surface area contributed by atoms with Gasteiger partial charge in [0.1, 0.15) is 24.2 Å². The summed E-state index contributed by atoms with van der Waals surface area (Å²) < 4.78 is 0. The number of thioether (sulfide) groups is 1. The van der Waals surface area contributed by atoms with Gasteiger partial charge in [-0.05, 0) is 37.7 Å². The lowest BCUT2D eigenvalue weighted by Crippen LogP contribution is -2.58. The number of nitrogens with one attached hydrogen (secondary N) is 3. The van der Waals surface area contributed by atoms with Gasteiger partial charge in [0.2, 0.25) is 17.7 Å². The highest BCUT2D eigenvalue weighted by Crippen LogP contribution is 2.08. The van der Waals surface area contributed by atoms with Crippen LogP contribution in [-0.4, -0.2) is 87.3 Å². The molecule has 0 saturated carbocycles. The minimum atomic E-state index is -1.56. The molecule has 0 aliphatic carbocycles. The molecule has 0 heterocycles. The monoisotopic (exact) mass is 478 g/mol. The Morgan fingerprint density at radius 1 is 0.875 bits per heavy atom. The number of hydrogen-bond donors (Lipinski definition) is 7. The molecule has 5 unspecified atom stereocenters. The normalized spacial score (nSPS) is 15.7. The number of aliphatic hydroxyl groups excluding tert-OH is 1. The highest BCUT2D eigenvalue weighted by molar-refractivity contribution is 7.98. The van der Waals surface area contributed by atoms with Crippen LogP contribution in [0.4, 0.5) is 0 Å². The summed E-state index contributed by atoms with van der Waals surface area (Å²) in [5.74, 6) is -4.78. The van der Waals surface area contributed by atoms with E-state index < -0.39 is 66.4 Å². The van der Waals surface area contributed by atoms with Crippen molar-refractivity contribution in [1.29, 1.82) is 0 Å². The molecule has 0 aromatic carbocycles. The Bertz CT molecular complexity index is 674. The smallest absolute Gasteiger partial charge is 0.326 e. The van der Waals surface area contributed by atoms with Crippen LogP contribution in [0.3, 0.4) is 0 Å². The fourth-order valence-electron chi connectivity index (χ4n) is 2.61. The molecule has 0 rings (SSSR count). The third kappa shape index (κ3) is 11.3. The molecule has 0 aliphatic heterocycles. The Morgan fingerprint density at radius 2 is 1.38 bits per heavy atom. The number of rotatable bonds is 15. The minimum absolute atomic E-state index is 0.0103. The van der Waals surface area contributed by atoms with Gasteiger partial charge in [0, 0.05) is 0 Å². The second-order valence-electron chi connectivity index (χ2n) is 7.80. The molecule has 0 aromatic heterocycles. The van der Waals surface area contributed by atoms with Gasteiger partial charge in [0.25, 0.3) is 0 Å². The Balaban J connectivity index is 5.49. The van der Waals surface area contributed by atoms with E-state index >= 15 is 0 Å². The Labute approximate surface area is 191 Å². The van der Waals surface area contributed by atoms with Crippen LogP contribution >= 0.6 is 11.8 Å². The zero-order valence-corrected chi connectivity index (χ0v) is 19.5. The zero-order valence-electron chi connectivity index (χ0n) is 18.7. The number of aliphatic carboxylic acids is 2. The average Bonchev–Trinajstić information content (AvgIpc) is 2.68. The van der Waals surface area contributed by atoms with E-state index in [4.69, 9.17) is 10.8 Å². The van der Waals surface area contributed by atoms with Crippen LogP contribution < -0.4 is 21.7 Å². The SMILES string of the molecule is CSCCC(NC(=O)C(CC(=O)O)NC(=O)C(N)C(C)O)C(=O)NC(CC(C)C)C(=O)O. The van der Waals surface area contributed by atoms with Gasteiger partial charge in [0.05, 0.1) is 12.5 Å². The average molecular weight is 479 g/mol. The van der Waals surface area contributed by atoms with Crippen molar-refractivity contribution in [2.75, 3.05) is 12.0 Å². The van der Waals surface area contributed by atoms with Gasteiger partial charge in [0.15, 0.2) is 0 Å². The third-order valence-electron chi connectivity index (χ3n) is 4.40. The van der Waals surface area contributed by atoms with Crippen LogP contribution in [0.2, 0.25) is 0 Å². The van der Waals surface area contributed by atoms with Gasteiger partial charge >= 0.3 is 11.9 Å². The summed E-state index contributed by atoms with van der Waals surface area (Å²) in [6, 6.07) is -5.25. The van der Waals surface area contributed by atoms with Crippen molar-refractivity contribution in [3.63, 3.8) is 0 Å². The summed E-state index contributed by atoms with van der Waals surface area (Å²) in [5.41, 5.74) is 5.51. The fraction of sp³-hybridized carbons (Fsp3) is 0.737. The predicted octanol–water partition coefficient (Wildman–Crippen LogP) is -1.49. The highest BCUT2D eigenvalue weighted by atomic mass is 32.2. The maximum Gasteiger partial charge on any atom is 0.326 e. The maximum absolute atomic E-state index is 12.7. The number of carboxylic acids is 2. The predicted molar refractivity (Wildman–Crippen MR) is 118 cm³/mol. The molecule has 0 bridgehead atoms. The summed E-state index contributed by atoms with van der Waals surface area (Å²) in [7, 11) is 0. The van der Waals surface area contributed by atoms with Crippen LogP contribution in [0, 0.1) is 5.92 Å². The van der Waals surface area contributed by atoms with Crippen LogP contribution in [0.5, 0.6) is 0 Å². The Morgan fingerprint density at radius 3 is 1.81 bits per heavy atom. The van der Waals surface area contributed by atoms with Crippen molar-refractivity contribution in [2.45, 2.75) is 70.3 Å². The van der Waals surface area contributed by atoms with Gasteiger partial charge < -0.3 is 37.0 Å². The quantitative estimate of drug-likeness (QED) is 0.145. The number of carboxylic acid groups (broad SMARTS) is 2. The van der Waals surface area contributed by atoms with Crippen molar-refractivity contribution in [3.8, 4) is 0 Å². The van der Waals surface area contributed by atoms with Crippen LogP contribution in [0.1, 0.15) is 40.0 Å². The molecule has 0 fully saturated rings. The standard InChI is InChI=1S/C19H34N4O8S/c1-9(2)7-13(19(30)31)23-16(27)11(5-6-32-4)21-17(28)12(8-14(25)26)22-18(29)15(20)10(3)24/h9-13,15,24H,5-8,20H2,1-4H3,(H,21,28)(H,22,29)(H,23,27)(H,25,26)(H,30,31). The summed E-state index contributed by atoms with van der Waals surface area (Å²) in [6.45, 7) is 4.85. The molecule has 13 heteroatoms. The molecular formula is C19H34N4O8S. The van der Waals surface area contributed by atoms with Crippen LogP contribution in [0.25, 0.3) is 0 Å². The van der Waals surface area contributed by atoms with Crippen molar-refractivity contribution in [1.82, 2.24) is 16.0 Å². The fourth-order valence-corrected chi connectivity index (χ4v) is 3.08. The minimum Gasteiger partial charge on any atom is -0.481 e. The number of carbonyl (C=O) groups excluding carboxylic acids is 3. The molecule has 0 aromatic rings. The number of amides is 3. The first-order valence-corrected chi connectivity index (χ1v) is 11.5. The lowest BCUT2D eigenvalue weighted by molar-refractivity contribution is -0.143. The van der Waals surface area contributed by atoms with Gasteiger partial charge in [-0.3, -0.25) is 19.2 Å². The molecule has 0 radical (unpaired) electrons. The molecule has 0 aliphatic rings. The van der Waals surface area contributed by atoms with E-state index in [1.165, 1.54) is 18.7 Å². The molecule has 5 atom stereocenters. The van der Waals surface area contributed by atoms with Crippen molar-refractivity contribution >= 4 is 41.4 Å². The largest absolute Gasteiger partial charge is 0.481 e. The lowest BCUT2D eigenvalue weighted by Gasteiger charge is -2.25. The molecule has 3 amide bonds. The van der Waals surface area contributed by atoms with E-state index in [0.29, 0.717) is 5.75 Å². The number of aliphatic hydroxyl groups is 1. The van der Waals surface area contributed by atoms with Crippen LogP contribution in [0.15, 0.2) is 0 Å². The first-order chi connectivity index (χ1) is 14.8. The Hall–Kier alpha value is -2.38. The molecular weight excluding hydrogens is 444 g/mol.